The van der Waals surface area contributed by atoms with Crippen LogP contribution in [0.25, 0.3) is 11.1 Å². The number of benzene rings is 4. The topological polar surface area (TPSA) is 0 Å². The van der Waals surface area contributed by atoms with Crippen molar-refractivity contribution >= 4 is 11.1 Å². The van der Waals surface area contributed by atoms with E-state index in [1.54, 1.807) is 0 Å². The molecule has 0 heterocycles. The molecule has 4 aromatic carbocycles. The fraction of sp³-hybridized carbons (Fsp3) is 0.320. The molecule has 0 saturated heterocycles. The summed E-state index contributed by atoms with van der Waals surface area (Å²) in [5.41, 5.74) is 10.5. The van der Waals surface area contributed by atoms with Crippen LogP contribution in [0.3, 0.4) is 0 Å². The molecule has 0 atom stereocenters. The van der Waals surface area contributed by atoms with Gasteiger partial charge in [0.1, 0.15) is 0 Å². The first-order chi connectivity index (χ1) is 23.2. The predicted octanol–water partition coefficient (Wildman–Crippen LogP) is 12.3. The number of rotatable bonds is 4. The maximum Gasteiger partial charge on any atom is 0.0245 e. The summed E-state index contributed by atoms with van der Waals surface area (Å²) >= 11 is 0. The fourth-order valence-corrected chi connectivity index (χ4v) is 4.83. The highest BCUT2D eigenvalue weighted by molar-refractivity contribution is 6.04. The van der Waals surface area contributed by atoms with Crippen LogP contribution < -0.4 is 0 Å². The summed E-state index contributed by atoms with van der Waals surface area (Å²) in [4.78, 5) is 0. The second kappa shape index (κ2) is 15.2. The van der Waals surface area contributed by atoms with Gasteiger partial charge in [-0.15, -0.1) is 0 Å². The Hall–Kier alpha value is -5.14. The second-order valence-electron chi connectivity index (χ2n) is 17.1. The highest BCUT2D eigenvalue weighted by Gasteiger charge is 2.17. The maximum absolute atomic E-state index is 3.37. The van der Waals surface area contributed by atoms with Crippen molar-refractivity contribution in [2.24, 2.45) is 21.7 Å². The van der Waals surface area contributed by atoms with E-state index in [-0.39, 0.29) is 21.7 Å². The highest BCUT2D eigenvalue weighted by Crippen LogP contribution is 2.37. The van der Waals surface area contributed by atoms with Gasteiger partial charge in [0, 0.05) is 43.9 Å². The van der Waals surface area contributed by atoms with E-state index in [2.05, 4.69) is 228 Å². The van der Waals surface area contributed by atoms with Crippen LogP contribution in [-0.4, -0.2) is 0 Å². The van der Waals surface area contributed by atoms with Crippen LogP contribution in [0.4, 0.5) is 0 Å². The van der Waals surface area contributed by atoms with Crippen molar-refractivity contribution in [2.75, 3.05) is 0 Å². The molecule has 0 unspecified atom stereocenters. The van der Waals surface area contributed by atoms with Crippen LogP contribution >= 0.6 is 0 Å². The lowest BCUT2D eigenvalue weighted by molar-refractivity contribution is 0.570. The quantitative estimate of drug-likeness (QED) is 0.152. The van der Waals surface area contributed by atoms with E-state index >= 15 is 0 Å². The molecule has 0 aliphatic rings. The van der Waals surface area contributed by atoms with Crippen molar-refractivity contribution < 1.29 is 0 Å². The van der Waals surface area contributed by atoms with Gasteiger partial charge in [0.15, 0.2) is 0 Å². The lowest BCUT2D eigenvalue weighted by Crippen LogP contribution is -2.00. The molecule has 50 heavy (non-hydrogen) atoms. The van der Waals surface area contributed by atoms with Gasteiger partial charge in [-0.1, -0.05) is 95.9 Å². The Morgan fingerprint density at radius 3 is 0.580 bits per heavy atom. The predicted molar refractivity (Wildman–Crippen MR) is 216 cm³/mol. The monoisotopic (exact) mass is 652 g/mol. The minimum atomic E-state index is -0.0681. The van der Waals surface area contributed by atoms with Gasteiger partial charge in [-0.3, -0.25) is 0 Å². The lowest BCUT2D eigenvalue weighted by atomic mass is 9.84. The smallest absolute Gasteiger partial charge is 0.0245 e. The van der Waals surface area contributed by atoms with Crippen molar-refractivity contribution in [2.45, 2.75) is 83.1 Å². The Balaban J connectivity index is 2.00. The van der Waals surface area contributed by atoms with E-state index < -0.39 is 0 Å². The van der Waals surface area contributed by atoms with Gasteiger partial charge in [0.25, 0.3) is 0 Å². The largest absolute Gasteiger partial charge is 0.0920 e. The molecule has 0 fully saturated rings. The summed E-state index contributed by atoms with van der Waals surface area (Å²) in [6.45, 7) is 25.6. The molecule has 0 aliphatic carbocycles. The first kappa shape index (κ1) is 37.7. The summed E-state index contributed by atoms with van der Waals surface area (Å²) in [7, 11) is 0. The molecule has 0 aromatic heterocycles. The third kappa shape index (κ3) is 12.1. The van der Waals surface area contributed by atoms with Gasteiger partial charge in [-0.05, 0) is 165 Å². The van der Waals surface area contributed by atoms with E-state index in [4.69, 9.17) is 0 Å². The van der Waals surface area contributed by atoms with E-state index in [0.717, 1.165) is 55.7 Å². The normalized spacial score (nSPS) is 11.4. The summed E-state index contributed by atoms with van der Waals surface area (Å²) in [5, 5.41) is 0. The maximum atomic E-state index is 3.37. The second-order valence-corrected chi connectivity index (χ2v) is 17.1. The van der Waals surface area contributed by atoms with Gasteiger partial charge >= 0.3 is 0 Å². The lowest BCUT2D eigenvalue weighted by Gasteiger charge is -2.19. The molecule has 252 valence electrons. The van der Waals surface area contributed by atoms with Gasteiger partial charge < -0.3 is 0 Å². The number of hydrogen-bond donors (Lipinski definition) is 0. The van der Waals surface area contributed by atoms with Crippen LogP contribution in [0.5, 0.6) is 0 Å². The molecular formula is C50H52. The van der Waals surface area contributed by atoms with Crippen LogP contribution in [0, 0.1) is 69.0 Å². The molecular weight excluding hydrogens is 601 g/mol. The number of hydrogen-bond acceptors (Lipinski definition) is 0. The van der Waals surface area contributed by atoms with Crippen molar-refractivity contribution in [3.8, 4) is 47.4 Å². The van der Waals surface area contributed by atoms with E-state index in [1.807, 2.05) is 0 Å². The molecule has 0 nitrogen and oxygen atoms in total. The summed E-state index contributed by atoms with van der Waals surface area (Å²) in [6.07, 6.45) is 0. The van der Waals surface area contributed by atoms with Crippen molar-refractivity contribution in [3.05, 3.63) is 142 Å². The molecule has 0 N–H and O–H groups in total. The molecule has 0 radical (unpaired) electrons. The summed E-state index contributed by atoms with van der Waals surface area (Å²) in [6, 6.07) is 34.6. The zero-order valence-corrected chi connectivity index (χ0v) is 32.2. The molecule has 4 aromatic rings. The van der Waals surface area contributed by atoms with Crippen LogP contribution in [-0.2, 0) is 0 Å². The SMILES string of the molecule is CC(C)(C)C#Cc1ccc(C(=C(c2ccc(C#CC(C)(C)C)cc2)c2ccc(C#CC(C)(C)C)cc2)c2ccc(C#CC(C)(C)C)cc2)cc1. The average molecular weight is 653 g/mol. The molecule has 0 heteroatoms. The molecule has 0 aliphatic heterocycles. The molecule has 0 bridgehead atoms. The molecule has 0 amide bonds. The first-order valence-corrected chi connectivity index (χ1v) is 17.5. The zero-order chi connectivity index (χ0) is 36.7. The zero-order valence-electron chi connectivity index (χ0n) is 32.2. The van der Waals surface area contributed by atoms with E-state index in [0.29, 0.717) is 0 Å². The first-order valence-electron chi connectivity index (χ1n) is 17.5. The Labute approximate surface area is 303 Å². The molecule has 4 rings (SSSR count). The van der Waals surface area contributed by atoms with E-state index in [9.17, 15) is 0 Å². The van der Waals surface area contributed by atoms with Crippen molar-refractivity contribution in [1.82, 2.24) is 0 Å². The van der Waals surface area contributed by atoms with Gasteiger partial charge in [0.05, 0.1) is 0 Å². The summed E-state index contributed by atoms with van der Waals surface area (Å²) in [5.74, 6) is 27.0. The van der Waals surface area contributed by atoms with Crippen LogP contribution in [0.15, 0.2) is 97.1 Å². The Bertz CT molecular complexity index is 1760. The van der Waals surface area contributed by atoms with Crippen molar-refractivity contribution in [1.29, 1.82) is 0 Å². The van der Waals surface area contributed by atoms with Gasteiger partial charge in [-0.2, -0.15) is 0 Å². The van der Waals surface area contributed by atoms with Crippen molar-refractivity contribution in [3.63, 3.8) is 0 Å². The fourth-order valence-electron chi connectivity index (χ4n) is 4.83. The van der Waals surface area contributed by atoms with Gasteiger partial charge in [0.2, 0.25) is 0 Å². The molecule has 0 spiro atoms. The Morgan fingerprint density at radius 1 is 0.280 bits per heavy atom. The van der Waals surface area contributed by atoms with Crippen LogP contribution in [0.2, 0.25) is 0 Å². The van der Waals surface area contributed by atoms with Crippen LogP contribution in [0.1, 0.15) is 128 Å². The standard InChI is InChI=1S/C50H52/c1-47(2,3)33-29-37-13-21-41(22-14-37)45(42-23-15-38(16-24-42)30-34-48(4,5)6)46(43-25-17-39(18-26-43)31-35-49(7,8)9)44-27-19-40(20-28-44)32-36-50(10,11)12/h13-28H,1-12H3. The minimum Gasteiger partial charge on any atom is -0.0920 e. The highest BCUT2D eigenvalue weighted by atomic mass is 14.2. The Morgan fingerprint density at radius 2 is 0.440 bits per heavy atom. The average Bonchev–Trinajstić information content (AvgIpc) is 3.03. The summed E-state index contributed by atoms with van der Waals surface area (Å²) < 4.78 is 0. The van der Waals surface area contributed by atoms with Gasteiger partial charge in [-0.25, -0.2) is 0 Å². The Kier molecular flexibility index (Phi) is 11.4. The minimum absolute atomic E-state index is 0.0681. The third-order valence-corrected chi connectivity index (χ3v) is 7.27. The third-order valence-electron chi connectivity index (χ3n) is 7.27. The van der Waals surface area contributed by atoms with E-state index in [1.165, 1.54) is 0 Å². The molecule has 0 saturated carbocycles.